The van der Waals surface area contributed by atoms with Gasteiger partial charge in [0.25, 0.3) is 0 Å². The van der Waals surface area contributed by atoms with Gasteiger partial charge in [0, 0.05) is 6.54 Å². The number of imidazole rings is 1. The minimum atomic E-state index is -0.917. The highest BCUT2D eigenvalue weighted by Crippen LogP contribution is 2.14. The van der Waals surface area contributed by atoms with Crippen molar-refractivity contribution in [3.8, 4) is 0 Å². The van der Waals surface area contributed by atoms with Crippen molar-refractivity contribution < 1.29 is 9.90 Å². The molecule has 0 fully saturated rings. The van der Waals surface area contributed by atoms with E-state index in [0.29, 0.717) is 30.0 Å². The lowest BCUT2D eigenvalue weighted by molar-refractivity contribution is 0.0697. The average molecular weight is 283 g/mol. The van der Waals surface area contributed by atoms with E-state index < -0.39 is 5.97 Å². The summed E-state index contributed by atoms with van der Waals surface area (Å²) in [5.41, 5.74) is 2.62. The SMILES string of the molecule is O=C(O)c1cccc(CCNc2ncnc3nc[nH]c23)c1. The Labute approximate surface area is 120 Å². The van der Waals surface area contributed by atoms with E-state index in [0.717, 1.165) is 11.1 Å². The van der Waals surface area contributed by atoms with Crippen LogP contribution in [0.15, 0.2) is 36.9 Å². The highest BCUT2D eigenvalue weighted by atomic mass is 16.4. The molecule has 3 aromatic rings. The van der Waals surface area contributed by atoms with Crippen LogP contribution in [-0.4, -0.2) is 37.6 Å². The fraction of sp³-hybridized carbons (Fsp3) is 0.143. The van der Waals surface area contributed by atoms with Crippen LogP contribution in [0.1, 0.15) is 15.9 Å². The second-order valence-corrected chi connectivity index (χ2v) is 4.51. The van der Waals surface area contributed by atoms with Gasteiger partial charge in [0.1, 0.15) is 11.8 Å². The fourth-order valence-corrected chi connectivity index (χ4v) is 2.08. The number of anilines is 1. The molecule has 2 aromatic heterocycles. The van der Waals surface area contributed by atoms with Crippen LogP contribution in [-0.2, 0) is 6.42 Å². The third-order valence-corrected chi connectivity index (χ3v) is 3.10. The van der Waals surface area contributed by atoms with Gasteiger partial charge in [-0.05, 0) is 24.1 Å². The van der Waals surface area contributed by atoms with E-state index in [-0.39, 0.29) is 0 Å². The molecule has 0 aliphatic heterocycles. The molecule has 106 valence electrons. The number of carboxylic acid groups (broad SMARTS) is 1. The van der Waals surface area contributed by atoms with Crippen molar-refractivity contribution in [3.63, 3.8) is 0 Å². The van der Waals surface area contributed by atoms with Crippen LogP contribution in [0.5, 0.6) is 0 Å². The molecule has 2 heterocycles. The molecule has 1 aromatic carbocycles. The van der Waals surface area contributed by atoms with Gasteiger partial charge in [0.05, 0.1) is 11.9 Å². The number of carboxylic acids is 1. The largest absolute Gasteiger partial charge is 0.478 e. The molecule has 0 radical (unpaired) electrons. The van der Waals surface area contributed by atoms with Crippen molar-refractivity contribution in [2.75, 3.05) is 11.9 Å². The van der Waals surface area contributed by atoms with Crippen molar-refractivity contribution >= 4 is 23.0 Å². The third kappa shape index (κ3) is 2.81. The number of benzene rings is 1. The zero-order valence-electron chi connectivity index (χ0n) is 11.1. The van der Waals surface area contributed by atoms with Crippen molar-refractivity contribution in [2.24, 2.45) is 0 Å². The number of aromatic nitrogens is 4. The predicted octanol–water partition coefficient (Wildman–Crippen LogP) is 1.71. The molecular formula is C14H13N5O2. The predicted molar refractivity (Wildman–Crippen MR) is 77.3 cm³/mol. The van der Waals surface area contributed by atoms with Gasteiger partial charge in [-0.15, -0.1) is 0 Å². The summed E-state index contributed by atoms with van der Waals surface area (Å²) >= 11 is 0. The van der Waals surface area contributed by atoms with Gasteiger partial charge in [-0.1, -0.05) is 12.1 Å². The van der Waals surface area contributed by atoms with Crippen molar-refractivity contribution in [2.45, 2.75) is 6.42 Å². The lowest BCUT2D eigenvalue weighted by Gasteiger charge is -2.06. The van der Waals surface area contributed by atoms with Crippen LogP contribution in [0.25, 0.3) is 11.2 Å². The molecule has 0 atom stereocenters. The number of aromatic amines is 1. The molecular weight excluding hydrogens is 270 g/mol. The quantitative estimate of drug-likeness (QED) is 0.658. The molecule has 7 heteroatoms. The number of nitrogens with zero attached hydrogens (tertiary/aromatic N) is 3. The lowest BCUT2D eigenvalue weighted by Crippen LogP contribution is -2.07. The fourth-order valence-electron chi connectivity index (χ4n) is 2.08. The molecule has 0 saturated carbocycles. The molecule has 0 spiro atoms. The number of H-pyrrole nitrogens is 1. The summed E-state index contributed by atoms with van der Waals surface area (Å²) in [6.45, 7) is 0.633. The smallest absolute Gasteiger partial charge is 0.335 e. The first-order valence-electron chi connectivity index (χ1n) is 6.44. The number of hydrogen-bond donors (Lipinski definition) is 3. The Hall–Kier alpha value is -2.96. The van der Waals surface area contributed by atoms with Gasteiger partial charge >= 0.3 is 5.97 Å². The molecule has 0 amide bonds. The first kappa shape index (κ1) is 13.0. The van der Waals surface area contributed by atoms with Crippen molar-refractivity contribution in [3.05, 3.63) is 48.0 Å². The number of hydrogen-bond acceptors (Lipinski definition) is 5. The van der Waals surface area contributed by atoms with Gasteiger partial charge in [-0.3, -0.25) is 0 Å². The lowest BCUT2D eigenvalue weighted by atomic mass is 10.1. The Morgan fingerprint density at radius 2 is 2.19 bits per heavy atom. The highest BCUT2D eigenvalue weighted by Gasteiger charge is 2.06. The van der Waals surface area contributed by atoms with Crippen LogP contribution in [0.2, 0.25) is 0 Å². The molecule has 0 aliphatic rings. The molecule has 3 rings (SSSR count). The Balaban J connectivity index is 1.67. The van der Waals surface area contributed by atoms with Crippen LogP contribution < -0.4 is 5.32 Å². The molecule has 0 bridgehead atoms. The van der Waals surface area contributed by atoms with Crippen molar-refractivity contribution in [1.29, 1.82) is 0 Å². The van der Waals surface area contributed by atoms with E-state index in [1.165, 1.54) is 6.33 Å². The van der Waals surface area contributed by atoms with E-state index in [9.17, 15) is 4.79 Å². The van der Waals surface area contributed by atoms with Crippen LogP contribution in [0.3, 0.4) is 0 Å². The second-order valence-electron chi connectivity index (χ2n) is 4.51. The summed E-state index contributed by atoms with van der Waals surface area (Å²) in [7, 11) is 0. The third-order valence-electron chi connectivity index (χ3n) is 3.10. The number of rotatable bonds is 5. The Kier molecular flexibility index (Phi) is 3.46. The molecule has 0 saturated heterocycles. The normalized spacial score (nSPS) is 10.7. The number of nitrogens with one attached hydrogen (secondary N) is 2. The van der Waals surface area contributed by atoms with E-state index in [2.05, 4.69) is 25.3 Å². The van der Waals surface area contributed by atoms with Crippen molar-refractivity contribution in [1.82, 2.24) is 19.9 Å². The summed E-state index contributed by atoms with van der Waals surface area (Å²) in [5.74, 6) is -0.230. The van der Waals surface area contributed by atoms with Crippen LogP contribution >= 0.6 is 0 Å². The number of aromatic carboxylic acids is 1. The summed E-state index contributed by atoms with van der Waals surface area (Å²) in [6, 6.07) is 6.91. The highest BCUT2D eigenvalue weighted by molar-refractivity contribution is 5.87. The molecule has 3 N–H and O–H groups in total. The average Bonchev–Trinajstić information content (AvgIpc) is 2.97. The topological polar surface area (TPSA) is 104 Å². The monoisotopic (exact) mass is 283 g/mol. The number of fused-ring (bicyclic) bond motifs is 1. The minimum Gasteiger partial charge on any atom is -0.478 e. The second kappa shape index (κ2) is 5.58. The first-order chi connectivity index (χ1) is 10.2. The van der Waals surface area contributed by atoms with Gasteiger partial charge in [0.15, 0.2) is 11.5 Å². The zero-order valence-corrected chi connectivity index (χ0v) is 11.1. The van der Waals surface area contributed by atoms with Crippen LogP contribution in [0, 0.1) is 0 Å². The van der Waals surface area contributed by atoms with E-state index in [1.54, 1.807) is 24.5 Å². The Bertz CT molecular complexity index is 784. The molecule has 7 nitrogen and oxygen atoms in total. The Morgan fingerprint density at radius 3 is 3.05 bits per heavy atom. The van der Waals surface area contributed by atoms with Gasteiger partial charge in [-0.2, -0.15) is 0 Å². The summed E-state index contributed by atoms with van der Waals surface area (Å²) in [6.07, 6.45) is 3.72. The van der Waals surface area contributed by atoms with Gasteiger partial charge < -0.3 is 15.4 Å². The first-order valence-corrected chi connectivity index (χ1v) is 6.44. The summed E-state index contributed by atoms with van der Waals surface area (Å²) < 4.78 is 0. The van der Waals surface area contributed by atoms with E-state index in [4.69, 9.17) is 5.11 Å². The minimum absolute atomic E-state index is 0.297. The van der Waals surface area contributed by atoms with E-state index in [1.807, 2.05) is 6.07 Å². The number of carbonyl (C=O) groups is 1. The maximum atomic E-state index is 10.9. The van der Waals surface area contributed by atoms with Gasteiger partial charge in [-0.25, -0.2) is 19.7 Å². The zero-order chi connectivity index (χ0) is 14.7. The summed E-state index contributed by atoms with van der Waals surface area (Å²) in [4.78, 5) is 26.2. The van der Waals surface area contributed by atoms with Crippen LogP contribution in [0.4, 0.5) is 5.82 Å². The summed E-state index contributed by atoms with van der Waals surface area (Å²) in [5, 5.41) is 12.2. The molecule has 0 unspecified atom stereocenters. The molecule has 21 heavy (non-hydrogen) atoms. The Morgan fingerprint density at radius 1 is 1.29 bits per heavy atom. The maximum absolute atomic E-state index is 10.9. The van der Waals surface area contributed by atoms with E-state index >= 15 is 0 Å². The molecule has 0 aliphatic carbocycles. The van der Waals surface area contributed by atoms with Gasteiger partial charge in [0.2, 0.25) is 0 Å². The maximum Gasteiger partial charge on any atom is 0.335 e. The standard InChI is InChI=1S/C14H13N5O2/c20-14(21)10-3-1-2-9(6-10)4-5-15-12-11-13(17-7-16-11)19-8-18-12/h1-3,6-8H,4-5H2,(H,20,21)(H2,15,16,17,18,19).